The van der Waals surface area contributed by atoms with Crippen molar-refractivity contribution in [2.45, 2.75) is 30.6 Å². The summed E-state index contributed by atoms with van der Waals surface area (Å²) in [7, 11) is 0. The molecule has 2 unspecified atom stereocenters. The molecule has 9 N–H and O–H groups in total. The summed E-state index contributed by atoms with van der Waals surface area (Å²) in [6.45, 7) is -0.267. The number of aromatic amines is 1. The number of carbonyl (C=O) groups excluding carboxylic acids is 1. The van der Waals surface area contributed by atoms with Gasteiger partial charge >= 0.3 is 0 Å². The quantitative estimate of drug-likeness (QED) is 0.147. The number of amides is 1. The number of hydrogen-bond donors (Lipinski definition) is 8. The lowest BCUT2D eigenvalue weighted by Gasteiger charge is -2.17. The van der Waals surface area contributed by atoms with Gasteiger partial charge in [-0.25, -0.2) is 9.97 Å². The zero-order chi connectivity index (χ0) is 22.5. The standard InChI is InChI=1S/C17H25N7O6S/c18-8(5-25)14(29)19-3-1-2-4-20-17-22-13-10(15(31)23-17)21-7-24(13)16-12(28)11(27)9(6-26)30-16/h1-2,7-9,11-12,16,25-28H,3-6,18H2,(H,19,29)(H2,20,22,23,31)/t8?,9-,11+,12?,16-/m1/s1. The molecule has 3 heterocycles. The largest absolute Gasteiger partial charge is 0.394 e. The molecule has 0 saturated carbocycles. The summed E-state index contributed by atoms with van der Waals surface area (Å²) in [6.07, 6.45) is 0.458. The number of anilines is 1. The minimum atomic E-state index is -1.27. The van der Waals surface area contributed by atoms with Crippen LogP contribution in [0.4, 0.5) is 5.95 Å². The first-order valence-electron chi connectivity index (χ1n) is 9.49. The molecule has 0 aliphatic carbocycles. The summed E-state index contributed by atoms with van der Waals surface area (Å²) in [6, 6.07) is -0.955. The third-order valence-electron chi connectivity index (χ3n) is 4.72. The van der Waals surface area contributed by atoms with Crippen LogP contribution in [-0.2, 0) is 9.53 Å². The summed E-state index contributed by atoms with van der Waals surface area (Å²) >= 11 is 5.28. The van der Waals surface area contributed by atoms with Gasteiger partial charge in [0.15, 0.2) is 10.9 Å². The molecular weight excluding hydrogens is 430 g/mol. The lowest BCUT2D eigenvalue weighted by molar-refractivity contribution is -0.122. The second-order valence-electron chi connectivity index (χ2n) is 6.85. The predicted octanol–water partition coefficient (Wildman–Crippen LogP) is -2.50. The minimum Gasteiger partial charge on any atom is -0.394 e. The van der Waals surface area contributed by atoms with Crippen molar-refractivity contribution in [3.63, 3.8) is 0 Å². The summed E-state index contributed by atoms with van der Waals surface area (Å²) < 4.78 is 7.25. The second kappa shape index (κ2) is 10.2. The SMILES string of the molecule is NC(CO)C(=O)NCC=CCNc1nc(=S)c2ncn([C@@H]3O[C@H](CO)[C@H](O)C3O)c2[nH]1. The molecule has 1 saturated heterocycles. The third-order valence-corrected chi connectivity index (χ3v) is 5.00. The number of nitrogens with zero attached hydrogens (tertiary/aromatic N) is 3. The molecule has 1 aliphatic rings. The van der Waals surface area contributed by atoms with Gasteiger partial charge in [-0.15, -0.1) is 0 Å². The highest BCUT2D eigenvalue weighted by Gasteiger charge is 2.43. The Hall–Kier alpha value is -2.46. The number of rotatable bonds is 9. The van der Waals surface area contributed by atoms with E-state index in [1.54, 1.807) is 12.2 Å². The van der Waals surface area contributed by atoms with Crippen LogP contribution in [0.5, 0.6) is 0 Å². The molecule has 2 aromatic rings. The Kier molecular flexibility index (Phi) is 7.66. The van der Waals surface area contributed by atoms with Crippen molar-refractivity contribution in [1.29, 1.82) is 0 Å². The van der Waals surface area contributed by atoms with Crippen LogP contribution in [0.15, 0.2) is 18.5 Å². The van der Waals surface area contributed by atoms with Crippen molar-refractivity contribution in [2.24, 2.45) is 5.73 Å². The Balaban J connectivity index is 1.67. The average molecular weight is 455 g/mol. The number of hydrogen-bond acceptors (Lipinski definition) is 11. The van der Waals surface area contributed by atoms with Crippen LogP contribution in [0.3, 0.4) is 0 Å². The van der Waals surface area contributed by atoms with E-state index in [-0.39, 0.29) is 11.2 Å². The smallest absolute Gasteiger partial charge is 0.239 e. The van der Waals surface area contributed by atoms with Crippen LogP contribution in [0.1, 0.15) is 6.23 Å². The molecular formula is C17H25N7O6S. The van der Waals surface area contributed by atoms with E-state index >= 15 is 0 Å². The average Bonchev–Trinajstić information content (AvgIpc) is 3.31. The van der Waals surface area contributed by atoms with Gasteiger partial charge in [0.1, 0.15) is 35.5 Å². The van der Waals surface area contributed by atoms with Gasteiger partial charge in [0.05, 0.1) is 19.5 Å². The number of imidazole rings is 1. The second-order valence-corrected chi connectivity index (χ2v) is 7.24. The maximum absolute atomic E-state index is 11.5. The number of aliphatic hydroxyl groups excluding tert-OH is 4. The van der Waals surface area contributed by atoms with E-state index in [0.717, 1.165) is 0 Å². The first kappa shape index (κ1) is 23.2. The van der Waals surface area contributed by atoms with Crippen LogP contribution in [0.25, 0.3) is 11.2 Å². The molecule has 14 heteroatoms. The number of H-pyrrole nitrogens is 1. The molecule has 13 nitrogen and oxygen atoms in total. The van der Waals surface area contributed by atoms with Gasteiger partial charge < -0.3 is 46.5 Å². The van der Waals surface area contributed by atoms with Crippen LogP contribution in [0, 0.1) is 4.64 Å². The summed E-state index contributed by atoms with van der Waals surface area (Å²) in [4.78, 5) is 22.9. The lowest BCUT2D eigenvalue weighted by Crippen LogP contribution is -2.42. The number of aromatic nitrogens is 4. The fourth-order valence-corrected chi connectivity index (χ4v) is 3.26. The molecule has 1 amide bonds. The number of carbonyl (C=O) groups is 1. The van der Waals surface area contributed by atoms with Gasteiger partial charge in [0, 0.05) is 13.1 Å². The molecule has 0 bridgehead atoms. The van der Waals surface area contributed by atoms with Crippen molar-refractivity contribution in [2.75, 3.05) is 31.6 Å². The zero-order valence-corrected chi connectivity index (χ0v) is 17.2. The predicted molar refractivity (Wildman–Crippen MR) is 111 cm³/mol. The summed E-state index contributed by atoms with van der Waals surface area (Å²) in [5.74, 6) is -0.114. The first-order chi connectivity index (χ1) is 14.9. The summed E-state index contributed by atoms with van der Waals surface area (Å²) in [5.41, 5.74) is 6.20. The Labute approximate surface area is 181 Å². The van der Waals surface area contributed by atoms with Crippen molar-refractivity contribution < 1.29 is 30.0 Å². The molecule has 1 fully saturated rings. The number of nitrogens with two attached hydrogens (primary N) is 1. The number of nitrogens with one attached hydrogen (secondary N) is 3. The first-order valence-corrected chi connectivity index (χ1v) is 9.90. The molecule has 0 radical (unpaired) electrons. The van der Waals surface area contributed by atoms with E-state index in [2.05, 4.69) is 25.6 Å². The maximum Gasteiger partial charge on any atom is 0.239 e. The van der Waals surface area contributed by atoms with Crippen molar-refractivity contribution in [1.82, 2.24) is 24.8 Å². The van der Waals surface area contributed by atoms with Crippen LogP contribution >= 0.6 is 12.2 Å². The van der Waals surface area contributed by atoms with E-state index in [9.17, 15) is 20.1 Å². The van der Waals surface area contributed by atoms with Crippen LogP contribution < -0.4 is 16.4 Å². The Bertz CT molecular complexity index is 995. The Morgan fingerprint density at radius 3 is 2.77 bits per heavy atom. The van der Waals surface area contributed by atoms with Gasteiger partial charge in [0.25, 0.3) is 0 Å². The highest BCUT2D eigenvalue weighted by Crippen LogP contribution is 2.31. The molecule has 170 valence electrons. The lowest BCUT2D eigenvalue weighted by atomic mass is 10.1. The van der Waals surface area contributed by atoms with Gasteiger partial charge in [-0.1, -0.05) is 24.4 Å². The molecule has 31 heavy (non-hydrogen) atoms. The fourth-order valence-electron chi connectivity index (χ4n) is 3.02. The van der Waals surface area contributed by atoms with Gasteiger partial charge in [-0.3, -0.25) is 9.36 Å². The Morgan fingerprint density at radius 2 is 2.10 bits per heavy atom. The van der Waals surface area contributed by atoms with E-state index in [4.69, 9.17) is 27.8 Å². The minimum absolute atomic E-state index is 0.218. The van der Waals surface area contributed by atoms with Gasteiger partial charge in [-0.05, 0) is 0 Å². The molecule has 2 aromatic heterocycles. The van der Waals surface area contributed by atoms with Crippen LogP contribution in [0.2, 0.25) is 0 Å². The molecule has 0 spiro atoms. The summed E-state index contributed by atoms with van der Waals surface area (Å²) in [5, 5.41) is 43.9. The number of fused-ring (bicyclic) bond motifs is 1. The molecule has 1 aliphatic heterocycles. The highest BCUT2D eigenvalue weighted by molar-refractivity contribution is 7.71. The van der Waals surface area contributed by atoms with E-state index < -0.39 is 49.7 Å². The van der Waals surface area contributed by atoms with E-state index in [0.29, 0.717) is 23.7 Å². The van der Waals surface area contributed by atoms with Crippen LogP contribution in [-0.4, -0.2) is 96.5 Å². The van der Waals surface area contributed by atoms with Gasteiger partial charge in [0.2, 0.25) is 11.9 Å². The van der Waals surface area contributed by atoms with Crippen molar-refractivity contribution >= 4 is 35.2 Å². The van der Waals surface area contributed by atoms with Crippen molar-refractivity contribution in [3.8, 4) is 0 Å². The third kappa shape index (κ3) is 5.07. The highest BCUT2D eigenvalue weighted by atomic mass is 32.1. The zero-order valence-electron chi connectivity index (χ0n) is 16.4. The monoisotopic (exact) mass is 455 g/mol. The maximum atomic E-state index is 11.5. The molecule has 0 aromatic carbocycles. The molecule has 3 rings (SSSR count). The Morgan fingerprint density at radius 1 is 1.35 bits per heavy atom. The van der Waals surface area contributed by atoms with E-state index in [1.807, 2.05) is 0 Å². The number of ether oxygens (including phenoxy) is 1. The van der Waals surface area contributed by atoms with Crippen molar-refractivity contribution in [3.05, 3.63) is 23.1 Å². The topological polar surface area (TPSA) is 204 Å². The normalized spacial score (nSPS) is 24.7. The van der Waals surface area contributed by atoms with E-state index in [1.165, 1.54) is 10.9 Å². The molecule has 5 atom stereocenters. The fraction of sp³-hybridized carbons (Fsp3) is 0.529. The van der Waals surface area contributed by atoms with Gasteiger partial charge in [-0.2, -0.15) is 0 Å². The number of aliphatic hydroxyl groups is 4.